The lowest BCUT2D eigenvalue weighted by Crippen LogP contribution is -2.09. The van der Waals surface area contributed by atoms with Gasteiger partial charge in [0.15, 0.2) is 0 Å². The highest BCUT2D eigenvalue weighted by molar-refractivity contribution is 14.1. The van der Waals surface area contributed by atoms with Crippen LogP contribution in [-0.2, 0) is 4.74 Å². The lowest BCUT2D eigenvalue weighted by Gasteiger charge is -2.08. The van der Waals surface area contributed by atoms with Crippen molar-refractivity contribution >= 4 is 44.5 Å². The van der Waals surface area contributed by atoms with Crippen molar-refractivity contribution in [1.29, 1.82) is 0 Å². The van der Waals surface area contributed by atoms with Gasteiger partial charge in [0, 0.05) is 5.56 Å². The second kappa shape index (κ2) is 5.15. The van der Waals surface area contributed by atoms with Crippen LogP contribution in [-0.4, -0.2) is 18.1 Å². The molecule has 0 fully saturated rings. The molecule has 0 saturated heterocycles. The zero-order valence-corrected chi connectivity index (χ0v) is 11.2. The first-order valence-electron chi connectivity index (χ1n) is 3.69. The van der Waals surface area contributed by atoms with E-state index in [0.717, 1.165) is 13.2 Å². The Hall–Kier alpha value is -0.310. The summed E-state index contributed by atoms with van der Waals surface area (Å²) in [6, 6.07) is 1.15. The third kappa shape index (κ3) is 2.83. The van der Waals surface area contributed by atoms with Crippen molar-refractivity contribution in [1.82, 2.24) is 4.98 Å². The number of halogens is 4. The number of esters is 1. The zero-order chi connectivity index (χ0) is 11.6. The highest BCUT2D eigenvalue weighted by Crippen LogP contribution is 2.29. The molecular formula is C8H5BrF2INO2. The summed E-state index contributed by atoms with van der Waals surface area (Å²) < 4.78 is 30.1. The number of aromatic nitrogens is 1. The molecule has 15 heavy (non-hydrogen) atoms. The van der Waals surface area contributed by atoms with Crippen LogP contribution in [0.1, 0.15) is 22.3 Å². The summed E-state index contributed by atoms with van der Waals surface area (Å²) in [5.74, 6) is -0.832. The SMILES string of the molecule is COC(=O)c1c(C(F)F)cc(I)nc1Br. The topological polar surface area (TPSA) is 39.2 Å². The van der Waals surface area contributed by atoms with Crippen molar-refractivity contribution in [3.63, 3.8) is 0 Å². The third-order valence-corrected chi connectivity index (χ3v) is 2.73. The molecule has 1 aromatic heterocycles. The van der Waals surface area contributed by atoms with Gasteiger partial charge in [-0.05, 0) is 44.6 Å². The molecule has 0 unspecified atom stereocenters. The van der Waals surface area contributed by atoms with Crippen LogP contribution in [0.5, 0.6) is 0 Å². The van der Waals surface area contributed by atoms with Gasteiger partial charge in [-0.3, -0.25) is 0 Å². The summed E-state index contributed by atoms with van der Waals surface area (Å²) >= 11 is 4.75. The van der Waals surface area contributed by atoms with Crippen LogP contribution >= 0.6 is 38.5 Å². The highest BCUT2D eigenvalue weighted by atomic mass is 127. The van der Waals surface area contributed by atoms with Crippen LogP contribution in [0.2, 0.25) is 0 Å². The Morgan fingerprint density at radius 1 is 1.67 bits per heavy atom. The van der Waals surface area contributed by atoms with Crippen molar-refractivity contribution < 1.29 is 18.3 Å². The summed E-state index contributed by atoms with van der Waals surface area (Å²) in [7, 11) is 1.13. The van der Waals surface area contributed by atoms with Crippen LogP contribution < -0.4 is 0 Å². The molecule has 0 aliphatic rings. The van der Waals surface area contributed by atoms with Crippen LogP contribution in [0, 0.1) is 3.70 Å². The van der Waals surface area contributed by atoms with Crippen molar-refractivity contribution in [2.75, 3.05) is 7.11 Å². The molecule has 0 N–H and O–H groups in total. The Kier molecular flexibility index (Phi) is 4.38. The maximum absolute atomic E-state index is 12.6. The normalized spacial score (nSPS) is 10.5. The quantitative estimate of drug-likeness (QED) is 0.441. The van der Waals surface area contributed by atoms with Crippen LogP contribution in [0.3, 0.4) is 0 Å². The number of carbonyl (C=O) groups is 1. The molecule has 0 saturated carbocycles. The molecule has 0 amide bonds. The Bertz CT molecular complexity index is 400. The molecule has 1 heterocycles. The van der Waals surface area contributed by atoms with E-state index in [0.29, 0.717) is 3.70 Å². The smallest absolute Gasteiger partial charge is 0.341 e. The van der Waals surface area contributed by atoms with Gasteiger partial charge in [-0.1, -0.05) is 0 Å². The van der Waals surface area contributed by atoms with Gasteiger partial charge < -0.3 is 4.74 Å². The Balaban J connectivity index is 3.40. The number of hydrogen-bond donors (Lipinski definition) is 0. The van der Waals surface area contributed by atoms with E-state index in [1.54, 1.807) is 22.6 Å². The van der Waals surface area contributed by atoms with Gasteiger partial charge in [-0.2, -0.15) is 0 Å². The minimum Gasteiger partial charge on any atom is -0.465 e. The third-order valence-electron chi connectivity index (χ3n) is 1.60. The van der Waals surface area contributed by atoms with Gasteiger partial charge in [0.25, 0.3) is 6.43 Å². The minimum absolute atomic E-state index is 0.0663. The number of rotatable bonds is 2. The molecule has 0 atom stereocenters. The van der Waals surface area contributed by atoms with Gasteiger partial charge in [0.2, 0.25) is 0 Å². The molecule has 7 heteroatoms. The molecule has 1 rings (SSSR count). The Labute approximate surface area is 106 Å². The van der Waals surface area contributed by atoms with Gasteiger partial charge in [-0.15, -0.1) is 0 Å². The molecule has 0 radical (unpaired) electrons. The molecule has 1 aromatic rings. The van der Waals surface area contributed by atoms with E-state index in [1.165, 1.54) is 0 Å². The summed E-state index contributed by atoms with van der Waals surface area (Å²) in [4.78, 5) is 15.1. The predicted molar refractivity (Wildman–Crippen MR) is 61.0 cm³/mol. The van der Waals surface area contributed by atoms with E-state index in [1.807, 2.05) is 0 Å². The fourth-order valence-electron chi connectivity index (χ4n) is 0.978. The largest absolute Gasteiger partial charge is 0.465 e. The zero-order valence-electron chi connectivity index (χ0n) is 7.43. The number of carbonyl (C=O) groups excluding carboxylic acids is 1. The Morgan fingerprint density at radius 3 is 2.73 bits per heavy atom. The summed E-state index contributed by atoms with van der Waals surface area (Å²) in [5.41, 5.74) is -0.610. The lowest BCUT2D eigenvalue weighted by atomic mass is 10.1. The average molecular weight is 392 g/mol. The maximum atomic E-state index is 12.6. The molecule has 0 aliphatic heterocycles. The molecule has 0 aromatic carbocycles. The number of methoxy groups -OCH3 is 1. The number of pyridine rings is 1. The van der Waals surface area contributed by atoms with E-state index < -0.39 is 12.4 Å². The van der Waals surface area contributed by atoms with Crippen molar-refractivity contribution in [3.05, 3.63) is 25.5 Å². The van der Waals surface area contributed by atoms with Crippen LogP contribution in [0.25, 0.3) is 0 Å². The van der Waals surface area contributed by atoms with Crippen LogP contribution in [0.15, 0.2) is 10.7 Å². The highest BCUT2D eigenvalue weighted by Gasteiger charge is 2.23. The van der Waals surface area contributed by atoms with Crippen molar-refractivity contribution in [3.8, 4) is 0 Å². The lowest BCUT2D eigenvalue weighted by molar-refractivity contribution is 0.0587. The monoisotopic (exact) mass is 391 g/mol. The van der Waals surface area contributed by atoms with E-state index in [4.69, 9.17) is 0 Å². The molecular weight excluding hydrogens is 387 g/mol. The predicted octanol–water partition coefficient (Wildman–Crippen LogP) is 3.17. The number of nitrogens with zero attached hydrogens (tertiary/aromatic N) is 1. The fourth-order valence-corrected chi connectivity index (χ4v) is 2.47. The van der Waals surface area contributed by atoms with Crippen molar-refractivity contribution in [2.24, 2.45) is 0 Å². The van der Waals surface area contributed by atoms with Gasteiger partial charge in [0.1, 0.15) is 13.9 Å². The summed E-state index contributed by atoms with van der Waals surface area (Å²) in [6.07, 6.45) is -2.74. The Morgan fingerprint density at radius 2 is 2.27 bits per heavy atom. The number of ether oxygens (including phenoxy) is 1. The molecule has 3 nitrogen and oxygen atoms in total. The minimum atomic E-state index is -2.74. The van der Waals surface area contributed by atoms with Gasteiger partial charge in [-0.25, -0.2) is 18.6 Å². The molecule has 0 aliphatic carbocycles. The summed E-state index contributed by atoms with van der Waals surface area (Å²) in [5, 5.41) is 0. The van der Waals surface area contributed by atoms with Gasteiger partial charge in [0.05, 0.1) is 7.11 Å². The van der Waals surface area contributed by atoms with Crippen LogP contribution in [0.4, 0.5) is 8.78 Å². The summed E-state index contributed by atoms with van der Waals surface area (Å²) in [6.45, 7) is 0. The molecule has 82 valence electrons. The second-order valence-corrected chi connectivity index (χ2v) is 4.35. The first-order valence-corrected chi connectivity index (χ1v) is 5.57. The first-order chi connectivity index (χ1) is 6.97. The molecule has 0 spiro atoms. The standard InChI is InChI=1S/C8H5BrF2INO2/c1-15-8(14)5-3(7(10)11)2-4(12)13-6(5)9/h2,7H,1H3. The number of alkyl halides is 2. The van der Waals surface area contributed by atoms with E-state index >= 15 is 0 Å². The van der Waals surface area contributed by atoms with E-state index in [9.17, 15) is 13.6 Å². The van der Waals surface area contributed by atoms with E-state index in [2.05, 4.69) is 25.7 Å². The van der Waals surface area contributed by atoms with Crippen molar-refractivity contribution in [2.45, 2.75) is 6.43 Å². The van der Waals surface area contributed by atoms with E-state index in [-0.39, 0.29) is 15.7 Å². The fraction of sp³-hybridized carbons (Fsp3) is 0.250. The first kappa shape index (κ1) is 12.8. The average Bonchev–Trinajstić information content (AvgIpc) is 2.15. The van der Waals surface area contributed by atoms with Gasteiger partial charge >= 0.3 is 5.97 Å². The number of hydrogen-bond acceptors (Lipinski definition) is 3. The maximum Gasteiger partial charge on any atom is 0.341 e. The molecule has 0 bridgehead atoms. The second-order valence-electron chi connectivity index (χ2n) is 2.49.